The van der Waals surface area contributed by atoms with E-state index in [1.54, 1.807) is 28.9 Å². The van der Waals surface area contributed by atoms with Crippen LogP contribution in [0.2, 0.25) is 5.02 Å². The number of carboxylic acid groups (broad SMARTS) is 1. The molecule has 0 aliphatic rings. The number of benzene rings is 2. The van der Waals surface area contributed by atoms with Crippen molar-refractivity contribution in [3.8, 4) is 16.9 Å². The Balaban J connectivity index is 2.26. The summed E-state index contributed by atoms with van der Waals surface area (Å²) in [5.41, 5.74) is 5.30. The van der Waals surface area contributed by atoms with Crippen LogP contribution < -0.4 is 0 Å². The quantitative estimate of drug-likeness (QED) is 0.711. The Kier molecular flexibility index (Phi) is 4.64. The van der Waals surface area contributed by atoms with Crippen LogP contribution in [0.5, 0.6) is 0 Å². The van der Waals surface area contributed by atoms with Gasteiger partial charge in [-0.15, -0.1) is 0 Å². The van der Waals surface area contributed by atoms with E-state index < -0.39 is 5.97 Å². The summed E-state index contributed by atoms with van der Waals surface area (Å²) in [4.78, 5) is 11.9. The van der Waals surface area contributed by atoms with E-state index in [9.17, 15) is 9.90 Å². The van der Waals surface area contributed by atoms with Gasteiger partial charge in [0.25, 0.3) is 0 Å². The lowest BCUT2D eigenvalue weighted by Gasteiger charge is -2.09. The third-order valence-electron chi connectivity index (χ3n) is 4.38. The van der Waals surface area contributed by atoms with E-state index in [1.165, 1.54) is 5.56 Å². The van der Waals surface area contributed by atoms with Gasteiger partial charge < -0.3 is 5.11 Å². The predicted octanol–water partition coefficient (Wildman–Crippen LogP) is 5.07. The van der Waals surface area contributed by atoms with Crippen molar-refractivity contribution in [1.82, 2.24) is 9.78 Å². The lowest BCUT2D eigenvalue weighted by molar-refractivity contribution is 0.0696. The van der Waals surface area contributed by atoms with E-state index in [0.29, 0.717) is 22.8 Å². The Morgan fingerprint density at radius 2 is 1.80 bits per heavy atom. The molecule has 0 radical (unpaired) electrons. The maximum atomic E-state index is 11.9. The molecule has 3 aromatic rings. The molecule has 0 unspecified atom stereocenters. The monoisotopic (exact) mass is 354 g/mol. The van der Waals surface area contributed by atoms with E-state index in [0.717, 1.165) is 16.8 Å². The normalized spacial score (nSPS) is 10.9. The lowest BCUT2D eigenvalue weighted by Crippen LogP contribution is -2.06. The minimum atomic E-state index is -0.975. The summed E-state index contributed by atoms with van der Waals surface area (Å²) in [6.07, 6.45) is 0.565. The maximum absolute atomic E-state index is 11.9. The van der Waals surface area contributed by atoms with Crippen LogP contribution in [-0.2, 0) is 6.42 Å². The molecule has 0 amide bonds. The third kappa shape index (κ3) is 3.17. The van der Waals surface area contributed by atoms with Gasteiger partial charge in [0, 0.05) is 10.6 Å². The first kappa shape index (κ1) is 17.2. The molecule has 1 heterocycles. The average molecular weight is 355 g/mol. The fourth-order valence-corrected chi connectivity index (χ4v) is 3.01. The predicted molar refractivity (Wildman–Crippen MR) is 99.8 cm³/mol. The van der Waals surface area contributed by atoms with Gasteiger partial charge >= 0.3 is 5.97 Å². The van der Waals surface area contributed by atoms with Gasteiger partial charge in [-0.25, -0.2) is 9.48 Å². The second-order valence-electron chi connectivity index (χ2n) is 6.02. The average Bonchev–Trinajstić information content (AvgIpc) is 2.97. The molecule has 4 nitrogen and oxygen atoms in total. The minimum Gasteiger partial charge on any atom is -0.478 e. The van der Waals surface area contributed by atoms with Crippen molar-refractivity contribution in [2.45, 2.75) is 27.2 Å². The molecule has 0 aliphatic heterocycles. The Bertz CT molecular complexity index is 943. The van der Waals surface area contributed by atoms with Gasteiger partial charge in [-0.1, -0.05) is 36.7 Å². The van der Waals surface area contributed by atoms with Gasteiger partial charge in [0.15, 0.2) is 0 Å². The molecule has 3 rings (SSSR count). The van der Waals surface area contributed by atoms with Gasteiger partial charge in [-0.2, -0.15) is 5.10 Å². The van der Waals surface area contributed by atoms with Crippen LogP contribution in [0.15, 0.2) is 42.5 Å². The lowest BCUT2D eigenvalue weighted by atomic mass is 10.0. The first-order chi connectivity index (χ1) is 11.9. The summed E-state index contributed by atoms with van der Waals surface area (Å²) in [7, 11) is 0. The Morgan fingerprint density at radius 3 is 2.36 bits per heavy atom. The van der Waals surface area contributed by atoms with Crippen molar-refractivity contribution >= 4 is 17.6 Å². The molecular formula is C20H19ClN2O2. The molecule has 0 fully saturated rings. The fraction of sp³-hybridized carbons (Fsp3) is 0.200. The first-order valence-corrected chi connectivity index (χ1v) is 8.49. The molecule has 5 heteroatoms. The molecule has 128 valence electrons. The number of carbonyl (C=O) groups is 1. The van der Waals surface area contributed by atoms with Crippen molar-refractivity contribution < 1.29 is 9.90 Å². The first-order valence-electron chi connectivity index (χ1n) is 8.11. The van der Waals surface area contributed by atoms with Crippen LogP contribution in [0, 0.1) is 13.8 Å². The van der Waals surface area contributed by atoms with Gasteiger partial charge in [-0.05, 0) is 55.7 Å². The largest absolute Gasteiger partial charge is 0.478 e. The molecule has 0 saturated carbocycles. The number of aromatic nitrogens is 2. The molecular weight excluding hydrogens is 336 g/mol. The molecule has 25 heavy (non-hydrogen) atoms. The smallest absolute Gasteiger partial charge is 0.339 e. The zero-order chi connectivity index (χ0) is 18.1. The molecule has 0 atom stereocenters. The van der Waals surface area contributed by atoms with Crippen LogP contribution in [-0.4, -0.2) is 20.9 Å². The number of carboxylic acids is 1. The molecule has 1 N–H and O–H groups in total. The third-order valence-corrected chi connectivity index (χ3v) is 4.63. The summed E-state index contributed by atoms with van der Waals surface area (Å²) in [5.74, 6) is -0.975. The highest BCUT2D eigenvalue weighted by atomic mass is 35.5. The number of halogens is 1. The van der Waals surface area contributed by atoms with Gasteiger partial charge in [-0.3, -0.25) is 0 Å². The molecule has 2 aromatic carbocycles. The highest BCUT2D eigenvalue weighted by Gasteiger charge is 2.24. The number of hydrogen-bond acceptors (Lipinski definition) is 2. The summed E-state index contributed by atoms with van der Waals surface area (Å²) in [6, 6.07) is 13.1. The van der Waals surface area contributed by atoms with E-state index in [1.807, 2.05) is 39.0 Å². The zero-order valence-corrected chi connectivity index (χ0v) is 15.1. The molecule has 0 saturated heterocycles. The van der Waals surface area contributed by atoms with Crippen molar-refractivity contribution in [1.29, 1.82) is 0 Å². The van der Waals surface area contributed by atoms with Crippen LogP contribution in [0.3, 0.4) is 0 Å². The standard InChI is InChI=1S/C20H19ClN2O2/c1-4-17-18(20(24)25)19(14-6-8-15(21)9-7-14)22-23(17)16-10-5-12(2)13(3)11-16/h5-11H,4H2,1-3H3,(H,24,25). The Morgan fingerprint density at radius 1 is 1.12 bits per heavy atom. The van der Waals surface area contributed by atoms with Crippen LogP contribution in [0.4, 0.5) is 0 Å². The molecule has 1 aromatic heterocycles. The Hall–Kier alpha value is -2.59. The topological polar surface area (TPSA) is 55.1 Å². The molecule has 0 bridgehead atoms. The maximum Gasteiger partial charge on any atom is 0.339 e. The molecule has 0 aliphatic carbocycles. The van der Waals surface area contributed by atoms with Crippen molar-refractivity contribution in [2.75, 3.05) is 0 Å². The van der Waals surface area contributed by atoms with Crippen LogP contribution >= 0.6 is 11.6 Å². The number of hydrogen-bond donors (Lipinski definition) is 1. The van der Waals surface area contributed by atoms with E-state index in [2.05, 4.69) is 5.10 Å². The van der Waals surface area contributed by atoms with E-state index in [4.69, 9.17) is 11.6 Å². The van der Waals surface area contributed by atoms with E-state index in [-0.39, 0.29) is 5.56 Å². The van der Waals surface area contributed by atoms with E-state index >= 15 is 0 Å². The summed E-state index contributed by atoms with van der Waals surface area (Å²) < 4.78 is 1.74. The van der Waals surface area contributed by atoms with Gasteiger partial charge in [0.05, 0.1) is 11.4 Å². The number of nitrogens with zero attached hydrogens (tertiary/aromatic N) is 2. The van der Waals surface area contributed by atoms with Crippen LogP contribution in [0.25, 0.3) is 16.9 Å². The SMILES string of the molecule is CCc1c(C(=O)O)c(-c2ccc(Cl)cc2)nn1-c1ccc(C)c(C)c1. The second kappa shape index (κ2) is 6.73. The summed E-state index contributed by atoms with van der Waals surface area (Å²) in [6.45, 7) is 6.02. The summed E-state index contributed by atoms with van der Waals surface area (Å²) in [5, 5.41) is 15.0. The fourth-order valence-electron chi connectivity index (χ4n) is 2.88. The second-order valence-corrected chi connectivity index (χ2v) is 6.45. The number of aromatic carboxylic acids is 1. The van der Waals surface area contributed by atoms with Crippen molar-refractivity contribution in [3.63, 3.8) is 0 Å². The summed E-state index contributed by atoms with van der Waals surface area (Å²) >= 11 is 5.95. The van der Waals surface area contributed by atoms with Crippen LogP contribution in [0.1, 0.15) is 34.1 Å². The highest BCUT2D eigenvalue weighted by molar-refractivity contribution is 6.30. The number of rotatable bonds is 4. The molecule has 0 spiro atoms. The van der Waals surface area contributed by atoms with Gasteiger partial charge in [0.1, 0.15) is 11.3 Å². The Labute approximate surface area is 151 Å². The minimum absolute atomic E-state index is 0.239. The van der Waals surface area contributed by atoms with Crippen molar-refractivity contribution in [2.24, 2.45) is 0 Å². The van der Waals surface area contributed by atoms with Gasteiger partial charge in [0.2, 0.25) is 0 Å². The highest BCUT2D eigenvalue weighted by Crippen LogP contribution is 2.29. The zero-order valence-electron chi connectivity index (χ0n) is 14.4. The number of aryl methyl sites for hydroxylation is 2. The van der Waals surface area contributed by atoms with Crippen molar-refractivity contribution in [3.05, 3.63) is 69.9 Å².